The summed E-state index contributed by atoms with van der Waals surface area (Å²) in [4.78, 5) is 4.55. The highest BCUT2D eigenvalue weighted by molar-refractivity contribution is 7.89. The van der Waals surface area contributed by atoms with E-state index in [2.05, 4.69) is 33.9 Å². The minimum atomic E-state index is -3.63. The van der Waals surface area contributed by atoms with E-state index in [-0.39, 0.29) is 17.5 Å². The van der Waals surface area contributed by atoms with Crippen LogP contribution in [0.4, 0.5) is 5.69 Å². The maximum absolute atomic E-state index is 12.9. The molecule has 0 aliphatic carbocycles. The van der Waals surface area contributed by atoms with Gasteiger partial charge in [0, 0.05) is 45.5 Å². The second-order valence-electron chi connectivity index (χ2n) is 7.41. The lowest BCUT2D eigenvalue weighted by atomic mass is 10.0. The van der Waals surface area contributed by atoms with Crippen molar-refractivity contribution in [2.24, 2.45) is 0 Å². The zero-order chi connectivity index (χ0) is 21.6. The highest BCUT2D eigenvalue weighted by atomic mass is 32.2. The molecule has 2 aromatic rings. The summed E-state index contributed by atoms with van der Waals surface area (Å²) in [6, 6.07) is 14.7. The molecule has 0 bridgehead atoms. The first kappa shape index (κ1) is 22.6. The predicted molar refractivity (Wildman–Crippen MR) is 119 cm³/mol. The Morgan fingerprint density at radius 2 is 1.70 bits per heavy atom. The van der Waals surface area contributed by atoms with Crippen LogP contribution < -0.4 is 14.4 Å². The highest BCUT2D eigenvalue weighted by Gasteiger charge is 2.25. The number of rotatable bonds is 9. The summed E-state index contributed by atoms with van der Waals surface area (Å²) in [5, 5.41) is 0. The zero-order valence-corrected chi connectivity index (χ0v) is 18.7. The summed E-state index contributed by atoms with van der Waals surface area (Å²) in [7, 11) is 0.372. The normalized spacial score (nSPS) is 16.2. The van der Waals surface area contributed by atoms with Crippen LogP contribution in [-0.4, -0.2) is 66.9 Å². The Morgan fingerprint density at radius 1 is 1.07 bits per heavy atom. The number of nitrogens with one attached hydrogen (secondary N) is 1. The van der Waals surface area contributed by atoms with Crippen LogP contribution in [0.15, 0.2) is 53.4 Å². The molecular formula is C22H31N3O4S. The van der Waals surface area contributed by atoms with Crippen molar-refractivity contribution in [1.29, 1.82) is 0 Å². The van der Waals surface area contributed by atoms with Crippen molar-refractivity contribution in [3.63, 3.8) is 0 Å². The summed E-state index contributed by atoms with van der Waals surface area (Å²) in [6.45, 7) is 5.56. The Morgan fingerprint density at radius 3 is 2.27 bits per heavy atom. The average Bonchev–Trinajstić information content (AvgIpc) is 2.75. The fourth-order valence-electron chi connectivity index (χ4n) is 3.50. The van der Waals surface area contributed by atoms with Gasteiger partial charge in [-0.05, 0) is 48.9 Å². The SMILES string of the molecule is CCOc1ccc(S(=O)(=O)NCC(c2ccc(N(C)C)cc2)N2CCOCC2)cc1. The molecule has 30 heavy (non-hydrogen) atoms. The third kappa shape index (κ3) is 5.72. The quantitative estimate of drug-likeness (QED) is 0.655. The molecule has 0 aromatic heterocycles. The van der Waals surface area contributed by atoms with Crippen LogP contribution in [0, 0.1) is 0 Å². The van der Waals surface area contributed by atoms with Gasteiger partial charge in [-0.3, -0.25) is 4.90 Å². The molecule has 1 aliphatic rings. The first-order valence-corrected chi connectivity index (χ1v) is 11.7. The van der Waals surface area contributed by atoms with Crippen LogP contribution >= 0.6 is 0 Å². The predicted octanol–water partition coefficient (Wildman–Crippen LogP) is 2.50. The summed E-state index contributed by atoms with van der Waals surface area (Å²) in [5.41, 5.74) is 2.19. The molecule has 1 atom stereocenters. The smallest absolute Gasteiger partial charge is 0.240 e. The number of morpholine rings is 1. The maximum Gasteiger partial charge on any atom is 0.240 e. The van der Waals surface area contributed by atoms with E-state index in [1.807, 2.05) is 25.9 Å². The largest absolute Gasteiger partial charge is 0.494 e. The summed E-state index contributed by atoms with van der Waals surface area (Å²) in [5.74, 6) is 0.656. The molecule has 1 heterocycles. The van der Waals surface area contributed by atoms with Gasteiger partial charge < -0.3 is 14.4 Å². The van der Waals surface area contributed by atoms with Crippen molar-refractivity contribution in [2.75, 3.05) is 58.5 Å². The Bertz CT molecular complexity index is 893. The second-order valence-corrected chi connectivity index (χ2v) is 9.17. The van der Waals surface area contributed by atoms with Crippen LogP contribution in [0.5, 0.6) is 5.75 Å². The molecule has 0 radical (unpaired) electrons. The Labute approximate surface area is 179 Å². The fraction of sp³-hybridized carbons (Fsp3) is 0.455. The molecule has 0 spiro atoms. The van der Waals surface area contributed by atoms with Crippen molar-refractivity contribution >= 4 is 15.7 Å². The van der Waals surface area contributed by atoms with Crippen LogP contribution in [0.3, 0.4) is 0 Å². The number of hydrogen-bond acceptors (Lipinski definition) is 6. The Balaban J connectivity index is 1.76. The van der Waals surface area contributed by atoms with Crippen molar-refractivity contribution in [3.05, 3.63) is 54.1 Å². The lowest BCUT2D eigenvalue weighted by molar-refractivity contribution is 0.0172. The van der Waals surface area contributed by atoms with E-state index in [4.69, 9.17) is 9.47 Å². The second kappa shape index (κ2) is 10.3. The average molecular weight is 434 g/mol. The monoisotopic (exact) mass is 433 g/mol. The van der Waals surface area contributed by atoms with Crippen LogP contribution in [0.25, 0.3) is 0 Å². The van der Waals surface area contributed by atoms with Gasteiger partial charge in [-0.15, -0.1) is 0 Å². The topological polar surface area (TPSA) is 71.1 Å². The van der Waals surface area contributed by atoms with E-state index in [1.165, 1.54) is 0 Å². The number of nitrogens with zero attached hydrogens (tertiary/aromatic N) is 2. The minimum Gasteiger partial charge on any atom is -0.494 e. The third-order valence-electron chi connectivity index (χ3n) is 5.19. The molecule has 164 valence electrons. The van der Waals surface area contributed by atoms with Gasteiger partial charge >= 0.3 is 0 Å². The molecule has 7 nitrogen and oxygen atoms in total. The number of benzene rings is 2. The molecule has 8 heteroatoms. The molecule has 3 rings (SSSR count). The van der Waals surface area contributed by atoms with Crippen molar-refractivity contribution in [3.8, 4) is 5.75 Å². The van der Waals surface area contributed by atoms with Crippen LogP contribution in [-0.2, 0) is 14.8 Å². The molecule has 1 fully saturated rings. The summed E-state index contributed by atoms with van der Waals surface area (Å²) < 4.78 is 39.4. The van der Waals surface area contributed by atoms with E-state index < -0.39 is 10.0 Å². The van der Waals surface area contributed by atoms with E-state index in [9.17, 15) is 8.42 Å². The highest BCUT2D eigenvalue weighted by Crippen LogP contribution is 2.25. The van der Waals surface area contributed by atoms with Crippen LogP contribution in [0.2, 0.25) is 0 Å². The van der Waals surface area contributed by atoms with E-state index >= 15 is 0 Å². The first-order valence-electron chi connectivity index (χ1n) is 10.2. The summed E-state index contributed by atoms with van der Waals surface area (Å²) in [6.07, 6.45) is 0. The Kier molecular flexibility index (Phi) is 7.71. The van der Waals surface area contributed by atoms with Crippen LogP contribution in [0.1, 0.15) is 18.5 Å². The number of ether oxygens (including phenoxy) is 2. The van der Waals surface area contributed by atoms with Gasteiger partial charge in [0.05, 0.1) is 24.7 Å². The van der Waals surface area contributed by atoms with Gasteiger partial charge in [0.15, 0.2) is 0 Å². The molecule has 0 amide bonds. The van der Waals surface area contributed by atoms with Crippen molar-refractivity contribution < 1.29 is 17.9 Å². The third-order valence-corrected chi connectivity index (χ3v) is 6.63. The molecular weight excluding hydrogens is 402 g/mol. The summed E-state index contributed by atoms with van der Waals surface area (Å²) >= 11 is 0. The number of sulfonamides is 1. The minimum absolute atomic E-state index is 0.0671. The number of hydrogen-bond donors (Lipinski definition) is 1. The Hall–Kier alpha value is -2.13. The van der Waals surface area contributed by atoms with Gasteiger partial charge in [0.2, 0.25) is 10.0 Å². The van der Waals surface area contributed by atoms with E-state index in [0.29, 0.717) is 25.6 Å². The van der Waals surface area contributed by atoms with Gasteiger partial charge in [-0.25, -0.2) is 13.1 Å². The number of anilines is 1. The molecule has 0 saturated carbocycles. The lowest BCUT2D eigenvalue weighted by Crippen LogP contribution is -2.43. The fourth-order valence-corrected chi connectivity index (χ4v) is 4.53. The first-order chi connectivity index (χ1) is 14.4. The zero-order valence-electron chi connectivity index (χ0n) is 17.9. The molecule has 1 saturated heterocycles. The van der Waals surface area contributed by atoms with Gasteiger partial charge in [-0.2, -0.15) is 0 Å². The van der Waals surface area contributed by atoms with Crippen molar-refractivity contribution in [1.82, 2.24) is 9.62 Å². The van der Waals surface area contributed by atoms with E-state index in [0.717, 1.165) is 24.3 Å². The molecule has 1 unspecified atom stereocenters. The molecule has 1 aliphatic heterocycles. The standard InChI is InChI=1S/C22H31N3O4S/c1-4-29-20-9-11-21(12-10-20)30(26,27)23-17-22(25-13-15-28-16-14-25)18-5-7-19(8-6-18)24(2)3/h5-12,22-23H,4,13-17H2,1-3H3. The van der Waals surface area contributed by atoms with Gasteiger partial charge in [-0.1, -0.05) is 12.1 Å². The maximum atomic E-state index is 12.9. The van der Waals surface area contributed by atoms with E-state index in [1.54, 1.807) is 24.3 Å². The lowest BCUT2D eigenvalue weighted by Gasteiger charge is -2.35. The van der Waals surface area contributed by atoms with Gasteiger partial charge in [0.1, 0.15) is 5.75 Å². The van der Waals surface area contributed by atoms with Gasteiger partial charge in [0.25, 0.3) is 0 Å². The molecule has 2 aromatic carbocycles. The molecule has 1 N–H and O–H groups in total. The van der Waals surface area contributed by atoms with Crippen molar-refractivity contribution in [2.45, 2.75) is 17.9 Å².